The van der Waals surface area contributed by atoms with Gasteiger partial charge in [0.15, 0.2) is 0 Å². The van der Waals surface area contributed by atoms with Crippen molar-refractivity contribution in [3.05, 3.63) is 34.9 Å². The third-order valence-electron chi connectivity index (χ3n) is 6.08. The van der Waals surface area contributed by atoms with Crippen LogP contribution in [0, 0.1) is 0 Å². The van der Waals surface area contributed by atoms with Gasteiger partial charge in [0.25, 0.3) is 0 Å². The highest BCUT2D eigenvalue weighted by atomic mass is 16.5. The number of hydrogen-bond acceptors (Lipinski definition) is 5. The Balaban J connectivity index is 1.38. The van der Waals surface area contributed by atoms with E-state index in [0.717, 1.165) is 32.6 Å². The number of ether oxygens (including phenoxy) is 1. The zero-order chi connectivity index (χ0) is 21.3. The number of hydrogen-bond donors (Lipinski definition) is 2. The minimum atomic E-state index is 0.0156. The first-order valence-electron chi connectivity index (χ1n) is 11.2. The van der Waals surface area contributed by atoms with E-state index < -0.39 is 0 Å². The van der Waals surface area contributed by atoms with Gasteiger partial charge in [0, 0.05) is 39.8 Å². The van der Waals surface area contributed by atoms with Gasteiger partial charge in [0.05, 0.1) is 25.7 Å². The molecule has 166 valence electrons. The summed E-state index contributed by atoms with van der Waals surface area (Å²) in [4.78, 5) is 28.7. The second-order valence-corrected chi connectivity index (χ2v) is 8.42. The molecular weight excluding hydrogens is 380 g/mol. The Hall–Kier alpha value is -1.96. The fourth-order valence-electron chi connectivity index (χ4n) is 4.25. The number of fused-ring (bicyclic) bond motifs is 1. The summed E-state index contributed by atoms with van der Waals surface area (Å²) in [6, 6.07) is 6.68. The summed E-state index contributed by atoms with van der Waals surface area (Å²) in [6.07, 6.45) is 4.87. The van der Waals surface area contributed by atoms with Crippen LogP contribution >= 0.6 is 0 Å². The van der Waals surface area contributed by atoms with E-state index in [2.05, 4.69) is 45.6 Å². The Morgan fingerprint density at radius 3 is 2.30 bits per heavy atom. The standard InChI is InChI=1S/C23H36N4O3/c1-18(20-8-7-19-5-3-4-6-21(19)15-20)25-23(29)17-27-12-10-26(11-13-27)16-22(28)24-9-14-30-2/h7-8,15,18H,3-6,9-14,16-17H2,1-2H3,(H,24,28)(H,25,29). The molecule has 1 atom stereocenters. The molecule has 30 heavy (non-hydrogen) atoms. The van der Waals surface area contributed by atoms with Gasteiger partial charge < -0.3 is 15.4 Å². The third kappa shape index (κ3) is 6.79. The maximum absolute atomic E-state index is 12.5. The smallest absolute Gasteiger partial charge is 0.234 e. The van der Waals surface area contributed by atoms with E-state index in [1.165, 1.54) is 36.0 Å². The van der Waals surface area contributed by atoms with Crippen molar-refractivity contribution in [1.29, 1.82) is 0 Å². The second kappa shape index (κ2) is 11.4. The first-order valence-corrected chi connectivity index (χ1v) is 11.2. The molecule has 1 unspecified atom stereocenters. The van der Waals surface area contributed by atoms with E-state index in [1.54, 1.807) is 7.11 Å². The summed E-state index contributed by atoms with van der Waals surface area (Å²) in [7, 11) is 1.62. The minimum Gasteiger partial charge on any atom is -0.383 e. The zero-order valence-corrected chi connectivity index (χ0v) is 18.4. The minimum absolute atomic E-state index is 0.0156. The molecule has 1 fully saturated rings. The number of carbonyl (C=O) groups excluding carboxylic acids is 2. The van der Waals surface area contributed by atoms with Crippen LogP contribution in [0.5, 0.6) is 0 Å². The van der Waals surface area contributed by atoms with Crippen LogP contribution < -0.4 is 10.6 Å². The summed E-state index contributed by atoms with van der Waals surface area (Å²) in [5, 5.41) is 6.00. The molecule has 2 aliphatic rings. The number of benzene rings is 1. The quantitative estimate of drug-likeness (QED) is 0.591. The average molecular weight is 417 g/mol. The van der Waals surface area contributed by atoms with Gasteiger partial charge in [0.1, 0.15) is 0 Å². The molecule has 1 saturated heterocycles. The van der Waals surface area contributed by atoms with Crippen LogP contribution in [0.3, 0.4) is 0 Å². The lowest BCUT2D eigenvalue weighted by molar-refractivity contribution is -0.125. The number of rotatable bonds is 9. The Labute approximate surface area is 180 Å². The van der Waals surface area contributed by atoms with Crippen molar-refractivity contribution in [2.75, 3.05) is 59.5 Å². The van der Waals surface area contributed by atoms with Crippen molar-refractivity contribution in [3.8, 4) is 0 Å². The lowest BCUT2D eigenvalue weighted by Crippen LogP contribution is -2.51. The van der Waals surface area contributed by atoms with Gasteiger partial charge in [-0.3, -0.25) is 19.4 Å². The van der Waals surface area contributed by atoms with E-state index in [1.807, 2.05) is 0 Å². The van der Waals surface area contributed by atoms with Crippen LogP contribution in [-0.4, -0.2) is 81.1 Å². The molecule has 1 aliphatic carbocycles. The van der Waals surface area contributed by atoms with Crippen molar-refractivity contribution < 1.29 is 14.3 Å². The Morgan fingerprint density at radius 1 is 1.00 bits per heavy atom. The summed E-state index contributed by atoms with van der Waals surface area (Å²) >= 11 is 0. The largest absolute Gasteiger partial charge is 0.383 e. The molecule has 1 aromatic rings. The highest BCUT2D eigenvalue weighted by Gasteiger charge is 2.21. The van der Waals surface area contributed by atoms with Gasteiger partial charge >= 0.3 is 0 Å². The van der Waals surface area contributed by atoms with Crippen LogP contribution in [-0.2, 0) is 27.2 Å². The van der Waals surface area contributed by atoms with E-state index >= 15 is 0 Å². The molecule has 0 saturated carbocycles. The summed E-state index contributed by atoms with van der Waals surface area (Å²) in [5.74, 6) is 0.0862. The second-order valence-electron chi connectivity index (χ2n) is 8.42. The van der Waals surface area contributed by atoms with Crippen LogP contribution in [0.15, 0.2) is 18.2 Å². The molecule has 0 radical (unpaired) electrons. The van der Waals surface area contributed by atoms with E-state index in [9.17, 15) is 9.59 Å². The van der Waals surface area contributed by atoms with Gasteiger partial charge in [-0.1, -0.05) is 18.2 Å². The molecule has 0 bridgehead atoms. The topological polar surface area (TPSA) is 73.9 Å². The van der Waals surface area contributed by atoms with E-state index in [0.29, 0.717) is 26.2 Å². The maximum atomic E-state index is 12.5. The molecule has 2 N–H and O–H groups in total. The molecule has 1 heterocycles. The lowest BCUT2D eigenvalue weighted by atomic mass is 9.89. The lowest BCUT2D eigenvalue weighted by Gasteiger charge is -2.34. The molecular formula is C23H36N4O3. The highest BCUT2D eigenvalue weighted by molar-refractivity contribution is 5.79. The Bertz CT molecular complexity index is 716. The first kappa shape index (κ1) is 22.7. The van der Waals surface area contributed by atoms with Crippen molar-refractivity contribution in [2.45, 2.75) is 38.6 Å². The van der Waals surface area contributed by atoms with Crippen molar-refractivity contribution in [2.24, 2.45) is 0 Å². The number of aryl methyl sites for hydroxylation is 2. The summed E-state index contributed by atoms with van der Waals surface area (Å²) in [6.45, 7) is 7.12. The van der Waals surface area contributed by atoms with E-state index in [4.69, 9.17) is 4.74 Å². The average Bonchev–Trinajstić information content (AvgIpc) is 2.75. The molecule has 2 amide bonds. The fraction of sp³-hybridized carbons (Fsp3) is 0.652. The van der Waals surface area contributed by atoms with Crippen LogP contribution in [0.1, 0.15) is 42.5 Å². The van der Waals surface area contributed by atoms with Gasteiger partial charge in [0.2, 0.25) is 11.8 Å². The van der Waals surface area contributed by atoms with Crippen molar-refractivity contribution in [3.63, 3.8) is 0 Å². The molecule has 7 nitrogen and oxygen atoms in total. The fourth-order valence-corrected chi connectivity index (χ4v) is 4.25. The zero-order valence-electron chi connectivity index (χ0n) is 18.4. The molecule has 1 aliphatic heterocycles. The number of carbonyl (C=O) groups is 2. The van der Waals surface area contributed by atoms with Gasteiger partial charge in [-0.2, -0.15) is 0 Å². The normalized spacial score (nSPS) is 18.5. The molecule has 3 rings (SSSR count). The number of piperazine rings is 1. The summed E-state index contributed by atoms with van der Waals surface area (Å²) < 4.78 is 4.94. The highest BCUT2D eigenvalue weighted by Crippen LogP contribution is 2.24. The Kier molecular flexibility index (Phi) is 8.66. The molecule has 1 aromatic carbocycles. The van der Waals surface area contributed by atoms with E-state index in [-0.39, 0.29) is 17.9 Å². The number of methoxy groups -OCH3 is 1. The monoisotopic (exact) mass is 416 g/mol. The van der Waals surface area contributed by atoms with Crippen molar-refractivity contribution in [1.82, 2.24) is 20.4 Å². The third-order valence-corrected chi connectivity index (χ3v) is 6.08. The number of nitrogens with zero attached hydrogens (tertiary/aromatic N) is 2. The number of nitrogens with one attached hydrogen (secondary N) is 2. The maximum Gasteiger partial charge on any atom is 0.234 e. The predicted octanol–water partition coefficient (Wildman–Crippen LogP) is 1.12. The molecule has 0 spiro atoms. The predicted molar refractivity (Wildman–Crippen MR) is 117 cm³/mol. The first-order chi connectivity index (χ1) is 14.5. The molecule has 0 aromatic heterocycles. The van der Waals surface area contributed by atoms with Crippen molar-refractivity contribution >= 4 is 11.8 Å². The molecule has 7 heteroatoms. The van der Waals surface area contributed by atoms with Crippen LogP contribution in [0.25, 0.3) is 0 Å². The van der Waals surface area contributed by atoms with Gasteiger partial charge in [-0.25, -0.2) is 0 Å². The van der Waals surface area contributed by atoms with Gasteiger partial charge in [-0.05, 0) is 49.3 Å². The Morgan fingerprint density at radius 2 is 1.63 bits per heavy atom. The summed E-state index contributed by atoms with van der Waals surface area (Å²) in [5.41, 5.74) is 4.10. The van der Waals surface area contributed by atoms with Crippen LogP contribution in [0.4, 0.5) is 0 Å². The number of amides is 2. The SMILES string of the molecule is COCCNC(=O)CN1CCN(CC(=O)NC(C)c2ccc3c(c2)CCCC3)CC1. The van der Waals surface area contributed by atoms with Crippen LogP contribution in [0.2, 0.25) is 0 Å². The van der Waals surface area contributed by atoms with Gasteiger partial charge in [-0.15, -0.1) is 0 Å².